The molecule has 2 rings (SSSR count). The van der Waals surface area contributed by atoms with E-state index in [2.05, 4.69) is 4.98 Å². The van der Waals surface area contributed by atoms with Gasteiger partial charge in [-0.2, -0.15) is 0 Å². The normalized spacial score (nSPS) is 20.8. The monoisotopic (exact) mass is 291 g/mol. The van der Waals surface area contributed by atoms with Crippen LogP contribution in [0.1, 0.15) is 33.3 Å². The Labute approximate surface area is 125 Å². The highest BCUT2D eigenvalue weighted by atomic mass is 16.7. The van der Waals surface area contributed by atoms with Crippen molar-refractivity contribution in [2.24, 2.45) is 0 Å². The largest absolute Gasteiger partial charge is 0.492 e. The second-order valence-electron chi connectivity index (χ2n) is 6.21. The standard InChI is InChI=1S/C14H22BN3O3/c1-13(2)14(3,4)21-15(20-13)10(8-19)5-9-6-11(16)12(17)18-7-9/h5-7,19H,8,16H2,1-4H3,(H2,17,18). The fraction of sp³-hybridized carbons (Fsp3) is 0.500. The minimum atomic E-state index is -0.598. The van der Waals surface area contributed by atoms with Crippen molar-refractivity contribution in [3.05, 3.63) is 23.3 Å². The fourth-order valence-corrected chi connectivity index (χ4v) is 1.99. The van der Waals surface area contributed by atoms with E-state index in [1.54, 1.807) is 18.3 Å². The zero-order valence-electron chi connectivity index (χ0n) is 12.9. The van der Waals surface area contributed by atoms with Crippen molar-refractivity contribution in [2.75, 3.05) is 18.1 Å². The molecule has 0 unspecified atom stereocenters. The van der Waals surface area contributed by atoms with E-state index in [4.69, 9.17) is 20.8 Å². The molecule has 6 nitrogen and oxygen atoms in total. The lowest BCUT2D eigenvalue weighted by Crippen LogP contribution is -2.41. The van der Waals surface area contributed by atoms with Crippen LogP contribution in [0.4, 0.5) is 11.5 Å². The number of hydrogen-bond acceptors (Lipinski definition) is 6. The molecule has 0 spiro atoms. The molecule has 1 aliphatic rings. The molecule has 1 aromatic rings. The Kier molecular flexibility index (Phi) is 4.01. The van der Waals surface area contributed by atoms with E-state index in [1.807, 2.05) is 27.7 Å². The van der Waals surface area contributed by atoms with Crippen LogP contribution < -0.4 is 11.5 Å². The topological polar surface area (TPSA) is 104 Å². The number of hydrogen-bond donors (Lipinski definition) is 3. The summed E-state index contributed by atoms with van der Waals surface area (Å²) < 4.78 is 11.8. The van der Waals surface area contributed by atoms with Gasteiger partial charge in [0.25, 0.3) is 0 Å². The van der Waals surface area contributed by atoms with Crippen molar-refractivity contribution in [1.82, 2.24) is 4.98 Å². The van der Waals surface area contributed by atoms with Crippen LogP contribution in [0.2, 0.25) is 0 Å². The van der Waals surface area contributed by atoms with Gasteiger partial charge in [0.15, 0.2) is 0 Å². The van der Waals surface area contributed by atoms with Crippen molar-refractivity contribution in [2.45, 2.75) is 38.9 Å². The number of nitrogens with two attached hydrogens (primary N) is 2. The number of nitrogen functional groups attached to an aromatic ring is 2. The maximum atomic E-state index is 9.61. The third-order valence-corrected chi connectivity index (χ3v) is 4.06. The molecule has 1 fully saturated rings. The molecule has 0 saturated carbocycles. The van der Waals surface area contributed by atoms with Gasteiger partial charge in [-0.05, 0) is 44.8 Å². The van der Waals surface area contributed by atoms with Crippen LogP contribution in [0.15, 0.2) is 17.7 Å². The summed E-state index contributed by atoms with van der Waals surface area (Å²) in [6.45, 7) is 7.67. The second-order valence-corrected chi connectivity index (χ2v) is 6.21. The molecular weight excluding hydrogens is 269 g/mol. The number of aliphatic hydroxyl groups excluding tert-OH is 1. The van der Waals surface area contributed by atoms with Gasteiger partial charge in [-0.15, -0.1) is 0 Å². The highest BCUT2D eigenvalue weighted by Crippen LogP contribution is 2.38. The van der Waals surface area contributed by atoms with Gasteiger partial charge in [0, 0.05) is 6.20 Å². The molecule has 5 N–H and O–H groups in total. The zero-order valence-corrected chi connectivity index (χ0v) is 12.9. The molecule has 2 heterocycles. The number of aromatic nitrogens is 1. The van der Waals surface area contributed by atoms with E-state index in [0.29, 0.717) is 11.2 Å². The molecule has 0 aliphatic carbocycles. The summed E-state index contributed by atoms with van der Waals surface area (Å²) in [5.41, 5.74) is 12.2. The first-order valence-electron chi connectivity index (χ1n) is 6.84. The molecule has 1 aromatic heterocycles. The third kappa shape index (κ3) is 3.05. The predicted molar refractivity (Wildman–Crippen MR) is 84.2 cm³/mol. The molecular formula is C14H22BN3O3. The Morgan fingerprint density at radius 2 is 1.86 bits per heavy atom. The Morgan fingerprint density at radius 3 is 2.33 bits per heavy atom. The lowest BCUT2D eigenvalue weighted by Gasteiger charge is -2.32. The first kappa shape index (κ1) is 15.8. The number of pyridine rings is 1. The van der Waals surface area contributed by atoms with Gasteiger partial charge < -0.3 is 25.9 Å². The molecule has 0 amide bonds. The predicted octanol–water partition coefficient (Wildman–Crippen LogP) is 1.25. The summed E-state index contributed by atoms with van der Waals surface area (Å²) in [4.78, 5) is 3.99. The van der Waals surface area contributed by atoms with Gasteiger partial charge >= 0.3 is 7.12 Å². The summed E-state index contributed by atoms with van der Waals surface area (Å²) in [7, 11) is -0.598. The summed E-state index contributed by atoms with van der Waals surface area (Å²) >= 11 is 0. The van der Waals surface area contributed by atoms with Crippen molar-refractivity contribution in [3.8, 4) is 0 Å². The van der Waals surface area contributed by atoms with Crippen LogP contribution in [0.3, 0.4) is 0 Å². The molecule has 0 radical (unpaired) electrons. The van der Waals surface area contributed by atoms with Crippen molar-refractivity contribution >= 4 is 24.7 Å². The SMILES string of the molecule is CC1(C)OB(C(=Cc2cnc(N)c(N)c2)CO)OC1(C)C. The Balaban J connectivity index is 2.28. The molecule has 7 heteroatoms. The van der Waals surface area contributed by atoms with Gasteiger partial charge in [0.05, 0.1) is 23.5 Å². The van der Waals surface area contributed by atoms with E-state index >= 15 is 0 Å². The van der Waals surface area contributed by atoms with Crippen LogP contribution in [0, 0.1) is 0 Å². The van der Waals surface area contributed by atoms with Gasteiger partial charge in [0.2, 0.25) is 0 Å². The Hall–Kier alpha value is -1.57. The van der Waals surface area contributed by atoms with Crippen molar-refractivity contribution in [1.29, 1.82) is 0 Å². The minimum absolute atomic E-state index is 0.179. The molecule has 21 heavy (non-hydrogen) atoms. The number of nitrogens with zero attached hydrogens (tertiary/aromatic N) is 1. The summed E-state index contributed by atoms with van der Waals surface area (Å²) in [6, 6.07) is 1.70. The number of rotatable bonds is 3. The van der Waals surface area contributed by atoms with Gasteiger partial charge in [0.1, 0.15) is 5.82 Å². The van der Waals surface area contributed by atoms with E-state index < -0.39 is 18.3 Å². The van der Waals surface area contributed by atoms with Gasteiger partial charge in [-0.25, -0.2) is 4.98 Å². The smallest absolute Gasteiger partial charge is 0.400 e. The van der Waals surface area contributed by atoms with E-state index in [1.165, 1.54) is 0 Å². The summed E-state index contributed by atoms with van der Waals surface area (Å²) in [6.07, 6.45) is 3.34. The number of aliphatic hydroxyl groups is 1. The molecule has 114 valence electrons. The van der Waals surface area contributed by atoms with Crippen molar-refractivity contribution < 1.29 is 14.4 Å². The molecule has 1 saturated heterocycles. The Morgan fingerprint density at radius 1 is 1.29 bits per heavy atom. The Bertz CT molecular complexity index is 557. The van der Waals surface area contributed by atoms with Crippen LogP contribution in [-0.4, -0.2) is 35.0 Å². The maximum absolute atomic E-state index is 9.61. The lowest BCUT2D eigenvalue weighted by molar-refractivity contribution is 0.00578. The average Bonchev–Trinajstić information content (AvgIpc) is 2.59. The fourth-order valence-electron chi connectivity index (χ4n) is 1.99. The quantitative estimate of drug-likeness (QED) is 0.724. The molecule has 0 bridgehead atoms. The van der Waals surface area contributed by atoms with Crippen LogP contribution in [0.5, 0.6) is 0 Å². The van der Waals surface area contributed by atoms with Crippen LogP contribution in [0.25, 0.3) is 6.08 Å². The molecule has 0 aromatic carbocycles. The lowest BCUT2D eigenvalue weighted by atomic mass is 9.77. The zero-order chi connectivity index (χ0) is 15.8. The van der Waals surface area contributed by atoms with E-state index in [0.717, 1.165) is 5.56 Å². The first-order chi connectivity index (χ1) is 9.66. The second kappa shape index (κ2) is 5.33. The molecule has 1 aliphatic heterocycles. The first-order valence-corrected chi connectivity index (χ1v) is 6.84. The number of anilines is 2. The highest BCUT2D eigenvalue weighted by Gasteiger charge is 2.52. The van der Waals surface area contributed by atoms with E-state index in [9.17, 15) is 5.11 Å². The third-order valence-electron chi connectivity index (χ3n) is 4.06. The van der Waals surface area contributed by atoms with Gasteiger partial charge in [-0.3, -0.25) is 0 Å². The summed E-state index contributed by atoms with van der Waals surface area (Å²) in [5.74, 6) is 0.285. The van der Waals surface area contributed by atoms with Crippen LogP contribution in [-0.2, 0) is 9.31 Å². The molecule has 0 atom stereocenters. The summed E-state index contributed by atoms with van der Waals surface area (Å²) in [5, 5.41) is 9.61. The van der Waals surface area contributed by atoms with Gasteiger partial charge in [-0.1, -0.05) is 6.08 Å². The van der Waals surface area contributed by atoms with E-state index in [-0.39, 0.29) is 12.4 Å². The maximum Gasteiger partial charge on any atom is 0.492 e. The highest BCUT2D eigenvalue weighted by molar-refractivity contribution is 6.55. The van der Waals surface area contributed by atoms with Crippen LogP contribution >= 0.6 is 0 Å². The average molecular weight is 291 g/mol. The minimum Gasteiger partial charge on any atom is -0.400 e. The van der Waals surface area contributed by atoms with Crippen molar-refractivity contribution in [3.63, 3.8) is 0 Å².